The second-order valence-corrected chi connectivity index (χ2v) is 6.50. The summed E-state index contributed by atoms with van der Waals surface area (Å²) < 4.78 is 10.1. The van der Waals surface area contributed by atoms with E-state index in [1.807, 2.05) is 44.2 Å². The first-order valence-corrected chi connectivity index (χ1v) is 8.21. The van der Waals surface area contributed by atoms with Crippen molar-refractivity contribution in [2.75, 3.05) is 12.4 Å². The molecule has 6 nitrogen and oxygen atoms in total. The molecule has 1 N–H and O–H groups in total. The van der Waals surface area contributed by atoms with Gasteiger partial charge in [-0.25, -0.2) is 20.0 Å². The first kappa shape index (κ1) is 16.5. The van der Waals surface area contributed by atoms with Gasteiger partial charge in [0, 0.05) is 5.25 Å². The minimum Gasteiger partial charge on any atom is -0.446 e. The third kappa shape index (κ3) is 4.30. The fourth-order valence-corrected chi connectivity index (χ4v) is 3.09. The van der Waals surface area contributed by atoms with Crippen LogP contribution in [0.2, 0.25) is 0 Å². The summed E-state index contributed by atoms with van der Waals surface area (Å²) in [6.07, 6.45) is -1.22. The van der Waals surface area contributed by atoms with Crippen molar-refractivity contribution in [1.29, 1.82) is 0 Å². The molecule has 22 heavy (non-hydrogen) atoms. The number of carbonyl (C=O) groups is 2. The van der Waals surface area contributed by atoms with E-state index in [9.17, 15) is 9.59 Å². The van der Waals surface area contributed by atoms with Crippen molar-refractivity contribution >= 4 is 23.9 Å². The number of carbonyl (C=O) groups excluding carboxylic acids is 2. The van der Waals surface area contributed by atoms with Gasteiger partial charge in [-0.3, -0.25) is 0 Å². The summed E-state index contributed by atoms with van der Waals surface area (Å²) >= 11 is 1.71. The molecule has 0 radical (unpaired) electrons. The van der Waals surface area contributed by atoms with E-state index in [2.05, 4.69) is 5.43 Å². The number of nitrogens with zero attached hydrogens (tertiary/aromatic N) is 1. The maximum Gasteiger partial charge on any atom is 0.429 e. The van der Waals surface area contributed by atoms with Crippen LogP contribution >= 0.6 is 11.8 Å². The first-order chi connectivity index (χ1) is 10.6. The van der Waals surface area contributed by atoms with Gasteiger partial charge in [0.05, 0.1) is 0 Å². The molecule has 1 aliphatic heterocycles. The summed E-state index contributed by atoms with van der Waals surface area (Å²) in [5.74, 6) is 0.929. The van der Waals surface area contributed by atoms with Gasteiger partial charge in [-0.1, -0.05) is 44.2 Å². The highest BCUT2D eigenvalue weighted by atomic mass is 32.2. The van der Waals surface area contributed by atoms with Crippen molar-refractivity contribution < 1.29 is 19.1 Å². The lowest BCUT2D eigenvalue weighted by atomic mass is 10.2. The van der Waals surface area contributed by atoms with E-state index in [-0.39, 0.29) is 24.5 Å². The van der Waals surface area contributed by atoms with Crippen LogP contribution in [0, 0.1) is 0 Å². The second-order valence-electron chi connectivity index (χ2n) is 4.85. The molecule has 1 heterocycles. The van der Waals surface area contributed by atoms with Gasteiger partial charge in [0.15, 0.2) is 0 Å². The predicted molar refractivity (Wildman–Crippen MR) is 84.3 cm³/mol. The molecule has 1 aromatic carbocycles. The molecule has 1 fully saturated rings. The summed E-state index contributed by atoms with van der Waals surface area (Å²) in [5, 5.41) is 1.38. The normalized spacial score (nSPS) is 18.7. The molecule has 2 rings (SSSR count). The monoisotopic (exact) mass is 324 g/mol. The van der Waals surface area contributed by atoms with E-state index >= 15 is 0 Å². The molecule has 0 spiro atoms. The highest BCUT2D eigenvalue weighted by molar-refractivity contribution is 7.99. The van der Waals surface area contributed by atoms with Crippen LogP contribution in [0.5, 0.6) is 0 Å². The lowest BCUT2D eigenvalue weighted by molar-refractivity contribution is 0.0992. The van der Waals surface area contributed by atoms with Crippen LogP contribution in [0.3, 0.4) is 0 Å². The Hall–Kier alpha value is -1.89. The molecule has 0 bridgehead atoms. The molecule has 0 aliphatic carbocycles. The van der Waals surface area contributed by atoms with Crippen LogP contribution < -0.4 is 5.43 Å². The molecule has 2 atom stereocenters. The molecule has 7 heteroatoms. The average molecular weight is 324 g/mol. The van der Waals surface area contributed by atoms with Crippen molar-refractivity contribution in [2.24, 2.45) is 0 Å². The van der Waals surface area contributed by atoms with Crippen LogP contribution in [-0.2, 0) is 16.1 Å². The molecular weight excluding hydrogens is 304 g/mol. The van der Waals surface area contributed by atoms with Gasteiger partial charge < -0.3 is 9.47 Å². The molecule has 0 unspecified atom stereocenters. The Labute approximate surface area is 134 Å². The maximum absolute atomic E-state index is 11.9. The maximum atomic E-state index is 11.9. The Bertz CT molecular complexity index is 512. The number of hydrazine groups is 1. The number of cyclic esters (lactones) is 1. The zero-order chi connectivity index (χ0) is 15.9. The Morgan fingerprint density at radius 1 is 1.50 bits per heavy atom. The van der Waals surface area contributed by atoms with Gasteiger partial charge in [-0.05, 0) is 11.3 Å². The zero-order valence-corrected chi connectivity index (χ0v) is 13.5. The fourth-order valence-electron chi connectivity index (χ4n) is 2.14. The molecule has 0 saturated carbocycles. The lowest BCUT2D eigenvalue weighted by Gasteiger charge is -2.25. The number of amides is 2. The number of benzene rings is 1. The lowest BCUT2D eigenvalue weighted by Crippen LogP contribution is -2.51. The van der Waals surface area contributed by atoms with Crippen molar-refractivity contribution in [3.63, 3.8) is 0 Å². The number of hydrogen-bond donors (Lipinski definition) is 1. The molecular formula is C15H20N2O4S. The quantitative estimate of drug-likeness (QED) is 0.871. The minimum absolute atomic E-state index is 0.152. The summed E-state index contributed by atoms with van der Waals surface area (Å²) in [4.78, 5) is 23.6. The molecule has 1 aromatic rings. The van der Waals surface area contributed by atoms with E-state index < -0.39 is 12.2 Å². The molecule has 120 valence electrons. The topological polar surface area (TPSA) is 67.9 Å². The zero-order valence-electron chi connectivity index (χ0n) is 12.7. The van der Waals surface area contributed by atoms with E-state index in [0.717, 1.165) is 11.3 Å². The van der Waals surface area contributed by atoms with Crippen molar-refractivity contribution in [2.45, 2.75) is 31.7 Å². The largest absolute Gasteiger partial charge is 0.446 e. The number of thioether (sulfide) groups is 1. The fraction of sp³-hybridized carbons (Fsp3) is 0.467. The Balaban J connectivity index is 1.87. The van der Waals surface area contributed by atoms with Crippen molar-refractivity contribution in [1.82, 2.24) is 10.4 Å². The van der Waals surface area contributed by atoms with Gasteiger partial charge in [0.25, 0.3) is 0 Å². The van der Waals surface area contributed by atoms with Crippen LogP contribution in [0.1, 0.15) is 19.4 Å². The first-order valence-electron chi connectivity index (χ1n) is 7.16. The van der Waals surface area contributed by atoms with E-state index in [4.69, 9.17) is 9.47 Å². The molecule has 1 aliphatic rings. The highest BCUT2D eigenvalue weighted by Gasteiger charge is 2.38. The van der Waals surface area contributed by atoms with Crippen molar-refractivity contribution in [3.05, 3.63) is 35.9 Å². The highest BCUT2D eigenvalue weighted by Crippen LogP contribution is 2.22. The third-order valence-electron chi connectivity index (χ3n) is 3.30. The summed E-state index contributed by atoms with van der Waals surface area (Å²) in [6, 6.07) is 9.16. The smallest absolute Gasteiger partial charge is 0.429 e. The van der Waals surface area contributed by atoms with Crippen LogP contribution in [0.4, 0.5) is 9.59 Å². The van der Waals surface area contributed by atoms with Crippen LogP contribution in [0.25, 0.3) is 0 Å². The van der Waals surface area contributed by atoms with Gasteiger partial charge in [-0.2, -0.15) is 11.8 Å². The Kier molecular flexibility index (Phi) is 5.94. The summed E-state index contributed by atoms with van der Waals surface area (Å²) in [7, 11) is 0. The van der Waals surface area contributed by atoms with E-state index in [1.165, 1.54) is 5.01 Å². The standard InChI is InChI=1S/C15H20N2O4S/c1-3-22-11(2)13-10-21-15(19)17(13)16-14(18)20-9-12-7-5-4-6-8-12/h4-8,11,13H,3,9-10H2,1-2H3,(H,16,18)/t11-,13-/m1/s1. The van der Waals surface area contributed by atoms with E-state index in [0.29, 0.717) is 0 Å². The summed E-state index contributed by atoms with van der Waals surface area (Å²) in [5.41, 5.74) is 3.36. The molecule has 1 saturated heterocycles. The van der Waals surface area contributed by atoms with Crippen molar-refractivity contribution in [3.8, 4) is 0 Å². The number of nitrogens with one attached hydrogen (secondary N) is 1. The number of rotatable bonds is 6. The van der Waals surface area contributed by atoms with Gasteiger partial charge >= 0.3 is 12.2 Å². The SMILES string of the molecule is CCS[C@H](C)[C@H]1COC(=O)N1NC(=O)OCc1ccccc1. The van der Waals surface area contributed by atoms with E-state index in [1.54, 1.807) is 11.8 Å². The molecule has 0 aromatic heterocycles. The van der Waals surface area contributed by atoms with Crippen LogP contribution in [-0.4, -0.2) is 40.8 Å². The number of hydrogen-bond acceptors (Lipinski definition) is 5. The van der Waals surface area contributed by atoms with Crippen LogP contribution in [0.15, 0.2) is 30.3 Å². The summed E-state index contributed by atoms with van der Waals surface area (Å²) in [6.45, 7) is 4.47. The molecule has 2 amide bonds. The van der Waals surface area contributed by atoms with Gasteiger partial charge in [-0.15, -0.1) is 0 Å². The number of ether oxygens (including phenoxy) is 2. The Morgan fingerprint density at radius 3 is 2.91 bits per heavy atom. The minimum atomic E-state index is -0.665. The Morgan fingerprint density at radius 2 is 2.23 bits per heavy atom. The van der Waals surface area contributed by atoms with Gasteiger partial charge in [0.1, 0.15) is 19.3 Å². The second kappa shape index (κ2) is 7.93. The predicted octanol–water partition coefficient (Wildman–Crippen LogP) is 2.79. The van der Waals surface area contributed by atoms with Gasteiger partial charge in [0.2, 0.25) is 0 Å². The average Bonchev–Trinajstić information content (AvgIpc) is 2.88. The third-order valence-corrected chi connectivity index (χ3v) is 4.48.